The van der Waals surface area contributed by atoms with Crippen molar-refractivity contribution in [2.45, 2.75) is 26.2 Å². The number of amides is 3. The van der Waals surface area contributed by atoms with E-state index in [1.54, 1.807) is 36.6 Å². The zero-order valence-electron chi connectivity index (χ0n) is 14.4. The molecular weight excluding hydrogens is 322 g/mol. The molecule has 6 heteroatoms. The molecule has 0 aliphatic heterocycles. The molecule has 0 atom stereocenters. The van der Waals surface area contributed by atoms with E-state index in [4.69, 9.17) is 0 Å². The second-order valence-corrected chi connectivity index (χ2v) is 7.17. The zero-order valence-corrected chi connectivity index (χ0v) is 15.2. The monoisotopic (exact) mass is 345 g/mol. The van der Waals surface area contributed by atoms with E-state index in [-0.39, 0.29) is 17.4 Å². The highest BCUT2D eigenvalue weighted by Crippen LogP contribution is 2.26. The Balaban J connectivity index is 2.02. The maximum absolute atomic E-state index is 12.2. The minimum Gasteiger partial charge on any atom is -0.355 e. The summed E-state index contributed by atoms with van der Waals surface area (Å²) >= 11 is 1.68. The van der Waals surface area contributed by atoms with Gasteiger partial charge in [0.2, 0.25) is 0 Å². The van der Waals surface area contributed by atoms with Gasteiger partial charge in [-0.2, -0.15) is 0 Å². The van der Waals surface area contributed by atoms with Gasteiger partial charge in [0, 0.05) is 35.1 Å². The molecule has 1 aromatic heterocycles. The summed E-state index contributed by atoms with van der Waals surface area (Å²) in [6.07, 6.45) is 0. The summed E-state index contributed by atoms with van der Waals surface area (Å²) in [7, 11) is 1.58. The lowest BCUT2D eigenvalue weighted by atomic mass is 9.91. The second-order valence-electron chi connectivity index (χ2n) is 6.23. The summed E-state index contributed by atoms with van der Waals surface area (Å²) in [6, 6.07) is 9.07. The van der Waals surface area contributed by atoms with Crippen molar-refractivity contribution in [3.05, 3.63) is 51.7 Å². The van der Waals surface area contributed by atoms with E-state index in [1.807, 2.05) is 18.4 Å². The summed E-state index contributed by atoms with van der Waals surface area (Å²) in [6.45, 7) is 6.52. The largest absolute Gasteiger partial charge is 0.355 e. The SMILES string of the molecule is CNC(=O)c1cccc(NC(=O)NCC(C)(C)c2cccs2)c1C. The molecule has 0 unspecified atom stereocenters. The van der Waals surface area contributed by atoms with Crippen LogP contribution in [-0.4, -0.2) is 25.5 Å². The first-order valence-corrected chi connectivity index (χ1v) is 8.63. The Morgan fingerprint density at radius 1 is 1.17 bits per heavy atom. The van der Waals surface area contributed by atoms with E-state index < -0.39 is 0 Å². The van der Waals surface area contributed by atoms with Crippen molar-refractivity contribution in [2.75, 3.05) is 18.9 Å². The molecule has 0 saturated carbocycles. The van der Waals surface area contributed by atoms with Crippen LogP contribution < -0.4 is 16.0 Å². The van der Waals surface area contributed by atoms with Crippen LogP contribution in [0.15, 0.2) is 35.7 Å². The van der Waals surface area contributed by atoms with Gasteiger partial charge in [-0.25, -0.2) is 4.79 Å². The number of hydrogen-bond donors (Lipinski definition) is 3. The van der Waals surface area contributed by atoms with E-state index in [0.29, 0.717) is 17.8 Å². The van der Waals surface area contributed by atoms with Gasteiger partial charge in [-0.15, -0.1) is 11.3 Å². The molecule has 5 nitrogen and oxygen atoms in total. The van der Waals surface area contributed by atoms with Crippen molar-refractivity contribution in [2.24, 2.45) is 0 Å². The highest BCUT2D eigenvalue weighted by atomic mass is 32.1. The molecular formula is C18H23N3O2S. The van der Waals surface area contributed by atoms with Gasteiger partial charge in [0.15, 0.2) is 0 Å². The number of urea groups is 1. The molecule has 128 valence electrons. The molecule has 0 fully saturated rings. The normalized spacial score (nSPS) is 11.0. The molecule has 0 spiro atoms. The molecule has 0 aliphatic rings. The summed E-state index contributed by atoms with van der Waals surface area (Å²) in [5, 5.41) is 10.4. The van der Waals surface area contributed by atoms with Crippen LogP contribution in [0.2, 0.25) is 0 Å². The highest BCUT2D eigenvalue weighted by Gasteiger charge is 2.22. The number of thiophene rings is 1. The van der Waals surface area contributed by atoms with Gasteiger partial charge in [-0.3, -0.25) is 4.79 Å². The van der Waals surface area contributed by atoms with E-state index in [0.717, 1.165) is 5.56 Å². The van der Waals surface area contributed by atoms with Crippen LogP contribution in [0.1, 0.15) is 34.6 Å². The van der Waals surface area contributed by atoms with Crippen LogP contribution >= 0.6 is 11.3 Å². The van der Waals surface area contributed by atoms with Crippen LogP contribution in [0.25, 0.3) is 0 Å². The van der Waals surface area contributed by atoms with Gasteiger partial charge < -0.3 is 16.0 Å². The van der Waals surface area contributed by atoms with Gasteiger partial charge in [0.25, 0.3) is 5.91 Å². The first kappa shape index (κ1) is 18.0. The molecule has 0 bridgehead atoms. The van der Waals surface area contributed by atoms with Crippen LogP contribution in [0.3, 0.4) is 0 Å². The Labute approximate surface area is 146 Å². The summed E-state index contributed by atoms with van der Waals surface area (Å²) in [5.74, 6) is -0.171. The number of carbonyl (C=O) groups is 2. The number of rotatable bonds is 5. The van der Waals surface area contributed by atoms with E-state index >= 15 is 0 Å². The Morgan fingerprint density at radius 2 is 1.92 bits per heavy atom. The molecule has 2 rings (SSSR count). The Hall–Kier alpha value is -2.34. The predicted molar refractivity (Wildman–Crippen MR) is 98.9 cm³/mol. The van der Waals surface area contributed by atoms with Gasteiger partial charge in [0.1, 0.15) is 0 Å². The maximum atomic E-state index is 12.2. The van der Waals surface area contributed by atoms with Gasteiger partial charge in [-0.05, 0) is 36.1 Å². The molecule has 1 heterocycles. The van der Waals surface area contributed by atoms with E-state index in [2.05, 4.69) is 35.9 Å². The summed E-state index contributed by atoms with van der Waals surface area (Å²) in [4.78, 5) is 25.3. The standard InChI is InChI=1S/C18H23N3O2S/c1-12-13(16(22)19-4)7-5-8-14(12)21-17(23)20-11-18(2,3)15-9-6-10-24-15/h5-10H,11H2,1-4H3,(H,19,22)(H2,20,21,23). The molecule has 24 heavy (non-hydrogen) atoms. The maximum Gasteiger partial charge on any atom is 0.319 e. The highest BCUT2D eigenvalue weighted by molar-refractivity contribution is 7.10. The number of carbonyl (C=O) groups excluding carboxylic acids is 2. The number of benzene rings is 1. The molecule has 0 aliphatic carbocycles. The molecule has 1 aromatic carbocycles. The fraction of sp³-hybridized carbons (Fsp3) is 0.333. The average Bonchev–Trinajstić information content (AvgIpc) is 3.10. The fourth-order valence-electron chi connectivity index (χ4n) is 2.37. The van der Waals surface area contributed by atoms with Crippen LogP contribution in [0.5, 0.6) is 0 Å². The summed E-state index contributed by atoms with van der Waals surface area (Å²) in [5.41, 5.74) is 1.78. The fourth-order valence-corrected chi connectivity index (χ4v) is 3.22. The van der Waals surface area contributed by atoms with Crippen LogP contribution in [0.4, 0.5) is 10.5 Å². The van der Waals surface area contributed by atoms with Gasteiger partial charge >= 0.3 is 6.03 Å². The van der Waals surface area contributed by atoms with Gasteiger partial charge in [-0.1, -0.05) is 26.0 Å². The number of anilines is 1. The molecule has 0 radical (unpaired) electrons. The lowest BCUT2D eigenvalue weighted by Crippen LogP contribution is -2.38. The Bertz CT molecular complexity index is 724. The van der Waals surface area contributed by atoms with Crippen LogP contribution in [-0.2, 0) is 5.41 Å². The third-order valence-corrected chi connectivity index (χ3v) is 5.17. The Morgan fingerprint density at radius 3 is 2.54 bits per heavy atom. The van der Waals surface area contributed by atoms with Crippen molar-refractivity contribution in [1.29, 1.82) is 0 Å². The second kappa shape index (κ2) is 7.49. The number of nitrogens with one attached hydrogen (secondary N) is 3. The van der Waals surface area contributed by atoms with Crippen molar-refractivity contribution >= 4 is 29.0 Å². The van der Waals surface area contributed by atoms with Crippen molar-refractivity contribution < 1.29 is 9.59 Å². The van der Waals surface area contributed by atoms with E-state index in [9.17, 15) is 9.59 Å². The molecule has 0 saturated heterocycles. The van der Waals surface area contributed by atoms with Crippen molar-refractivity contribution in [1.82, 2.24) is 10.6 Å². The lowest BCUT2D eigenvalue weighted by Gasteiger charge is -2.24. The third kappa shape index (κ3) is 4.14. The predicted octanol–water partition coefficient (Wildman–Crippen LogP) is 3.52. The quantitative estimate of drug-likeness (QED) is 0.776. The molecule has 2 aromatic rings. The number of hydrogen-bond acceptors (Lipinski definition) is 3. The minimum absolute atomic E-state index is 0.134. The van der Waals surface area contributed by atoms with Crippen molar-refractivity contribution in [3.8, 4) is 0 Å². The zero-order chi connectivity index (χ0) is 17.7. The van der Waals surface area contributed by atoms with Crippen LogP contribution in [0, 0.1) is 6.92 Å². The van der Waals surface area contributed by atoms with Crippen molar-refractivity contribution in [3.63, 3.8) is 0 Å². The Kier molecular flexibility index (Phi) is 5.62. The van der Waals surface area contributed by atoms with Gasteiger partial charge in [0.05, 0.1) is 0 Å². The third-order valence-electron chi connectivity index (χ3n) is 3.93. The van der Waals surface area contributed by atoms with E-state index in [1.165, 1.54) is 4.88 Å². The first-order chi connectivity index (χ1) is 11.3. The average molecular weight is 345 g/mol. The lowest BCUT2D eigenvalue weighted by molar-refractivity contribution is 0.0962. The first-order valence-electron chi connectivity index (χ1n) is 7.75. The smallest absolute Gasteiger partial charge is 0.319 e. The molecule has 3 amide bonds. The topological polar surface area (TPSA) is 70.2 Å². The summed E-state index contributed by atoms with van der Waals surface area (Å²) < 4.78 is 0. The minimum atomic E-state index is -0.281. The molecule has 3 N–H and O–H groups in total.